The number of alkyl halides is 9. The summed E-state index contributed by atoms with van der Waals surface area (Å²) in [5, 5.41) is 0. The monoisotopic (exact) mass is 511 g/mol. The summed E-state index contributed by atoms with van der Waals surface area (Å²) in [4.78, 5) is 6.82. The van der Waals surface area contributed by atoms with E-state index in [1.807, 2.05) is 0 Å². The number of aromatic nitrogens is 2. The van der Waals surface area contributed by atoms with Crippen LogP contribution in [0.1, 0.15) is 23.7 Å². The van der Waals surface area contributed by atoms with Crippen molar-refractivity contribution in [2.45, 2.75) is 32.0 Å². The Morgan fingerprint density at radius 2 is 1.57 bits per heavy atom. The van der Waals surface area contributed by atoms with Gasteiger partial charge in [0.05, 0.1) is 28.4 Å². The van der Waals surface area contributed by atoms with Gasteiger partial charge in [-0.15, -0.1) is 0 Å². The largest absolute Gasteiger partial charge is 0.482 e. The number of hydrogen-bond donors (Lipinski definition) is 0. The van der Waals surface area contributed by atoms with Gasteiger partial charge in [0, 0.05) is 12.6 Å². The normalized spacial score (nSPS) is 13.7. The zero-order valence-electron chi connectivity index (χ0n) is 15.0. The van der Waals surface area contributed by atoms with Crippen molar-refractivity contribution < 1.29 is 44.3 Å². The molecule has 166 valence electrons. The molecular formula is C16H11BrF9N3O. The molecule has 30 heavy (non-hydrogen) atoms. The molecule has 0 spiro atoms. The molecule has 0 N–H and O–H groups in total. The fraction of sp³-hybridized carbons (Fsp3) is 0.375. The van der Waals surface area contributed by atoms with Crippen LogP contribution in [-0.2, 0) is 25.1 Å². The van der Waals surface area contributed by atoms with Crippen molar-refractivity contribution in [2.24, 2.45) is 4.99 Å². The molecule has 0 saturated heterocycles. The van der Waals surface area contributed by atoms with Crippen molar-refractivity contribution in [1.29, 1.82) is 0 Å². The highest BCUT2D eigenvalue weighted by Crippen LogP contribution is 2.43. The number of nitrogens with zero attached hydrogens (tertiary/aromatic N) is 3. The first kappa shape index (κ1) is 24.0. The van der Waals surface area contributed by atoms with Crippen LogP contribution in [0.4, 0.5) is 45.2 Å². The van der Waals surface area contributed by atoms with Crippen molar-refractivity contribution in [3.8, 4) is 5.88 Å². The molecule has 1 aromatic heterocycles. The second kappa shape index (κ2) is 8.12. The third kappa shape index (κ3) is 5.08. The van der Waals surface area contributed by atoms with Crippen LogP contribution in [0.2, 0.25) is 0 Å². The van der Waals surface area contributed by atoms with Gasteiger partial charge in [-0.05, 0) is 35.0 Å². The minimum atomic E-state index is -5.19. The van der Waals surface area contributed by atoms with Crippen molar-refractivity contribution >= 4 is 21.6 Å². The Balaban J connectivity index is 2.95. The lowest BCUT2D eigenvalue weighted by Gasteiger charge is -2.16. The van der Waals surface area contributed by atoms with Gasteiger partial charge in [0.25, 0.3) is 0 Å². The third-order valence-corrected chi connectivity index (χ3v) is 4.54. The van der Waals surface area contributed by atoms with E-state index < -0.39 is 57.0 Å². The number of benzene rings is 1. The molecule has 0 bridgehead atoms. The summed E-state index contributed by atoms with van der Waals surface area (Å²) in [6.45, 7) is 1.36. The van der Waals surface area contributed by atoms with E-state index in [9.17, 15) is 39.5 Å². The number of hydrogen-bond acceptors (Lipinski definition) is 3. The maximum Gasteiger partial charge on any atom is 0.433 e. The Labute approximate surface area is 171 Å². The first-order chi connectivity index (χ1) is 13.6. The molecule has 0 saturated carbocycles. The minimum absolute atomic E-state index is 0.0874. The summed E-state index contributed by atoms with van der Waals surface area (Å²) < 4.78 is 123. The van der Waals surface area contributed by atoms with Gasteiger partial charge in [0.2, 0.25) is 5.62 Å². The van der Waals surface area contributed by atoms with E-state index >= 15 is 0 Å². The highest BCUT2D eigenvalue weighted by molar-refractivity contribution is 9.10. The predicted octanol–water partition coefficient (Wildman–Crippen LogP) is 5.96. The molecular weight excluding hydrogens is 501 g/mol. The molecule has 0 fully saturated rings. The fourth-order valence-electron chi connectivity index (χ4n) is 2.36. The molecule has 0 aliphatic rings. The van der Waals surface area contributed by atoms with Crippen molar-refractivity contribution in [3.63, 3.8) is 0 Å². The molecule has 0 radical (unpaired) electrons. The van der Waals surface area contributed by atoms with Crippen LogP contribution in [0.3, 0.4) is 0 Å². The lowest BCUT2D eigenvalue weighted by molar-refractivity contribution is -0.143. The quantitative estimate of drug-likeness (QED) is 0.477. The molecule has 4 nitrogen and oxygen atoms in total. The Kier molecular flexibility index (Phi) is 6.50. The minimum Gasteiger partial charge on any atom is -0.482 e. The standard InChI is InChI=1S/C16H11BrF9N3O/c1-3-29-11(30-2)6-10(16(24,25)26)28-13(29)27-9-5-7(14(18,19)20)4-8(12(9)17)15(21,22)23/h4-6H,3H2,1-2H3. The van der Waals surface area contributed by atoms with Crippen LogP contribution in [0.15, 0.2) is 27.7 Å². The first-order valence-electron chi connectivity index (χ1n) is 7.85. The molecule has 0 aliphatic heterocycles. The first-order valence-corrected chi connectivity index (χ1v) is 8.64. The summed E-state index contributed by atoms with van der Waals surface area (Å²) in [5.41, 5.74) is -6.57. The molecule has 1 heterocycles. The molecule has 0 aliphatic carbocycles. The highest BCUT2D eigenvalue weighted by Gasteiger charge is 2.39. The van der Waals surface area contributed by atoms with Crippen molar-refractivity contribution in [1.82, 2.24) is 9.55 Å². The number of rotatable bonds is 3. The predicted molar refractivity (Wildman–Crippen MR) is 88.8 cm³/mol. The maximum absolute atomic E-state index is 13.2. The van der Waals surface area contributed by atoms with Crippen LogP contribution < -0.4 is 10.4 Å². The summed E-state index contributed by atoms with van der Waals surface area (Å²) >= 11 is 2.54. The summed E-state index contributed by atoms with van der Waals surface area (Å²) in [6, 6.07) is 0.676. The average molecular weight is 512 g/mol. The molecule has 0 atom stereocenters. The van der Waals surface area contributed by atoms with Crippen LogP contribution in [0, 0.1) is 0 Å². The van der Waals surface area contributed by atoms with Crippen molar-refractivity contribution in [2.75, 3.05) is 7.11 Å². The second-order valence-corrected chi connectivity index (χ2v) is 6.48. The lowest BCUT2D eigenvalue weighted by atomic mass is 10.1. The van der Waals surface area contributed by atoms with Gasteiger partial charge in [-0.1, -0.05) is 0 Å². The smallest absolute Gasteiger partial charge is 0.433 e. The maximum atomic E-state index is 13.2. The Morgan fingerprint density at radius 1 is 0.967 bits per heavy atom. The van der Waals surface area contributed by atoms with E-state index in [-0.39, 0.29) is 18.7 Å². The van der Waals surface area contributed by atoms with Gasteiger partial charge in [0.1, 0.15) is 0 Å². The van der Waals surface area contributed by atoms with Gasteiger partial charge in [-0.3, -0.25) is 4.57 Å². The summed E-state index contributed by atoms with van der Waals surface area (Å²) in [7, 11) is 1.04. The second-order valence-electron chi connectivity index (χ2n) is 5.69. The fourth-order valence-corrected chi connectivity index (χ4v) is 2.90. The van der Waals surface area contributed by atoms with Crippen LogP contribution in [0.25, 0.3) is 0 Å². The molecule has 14 heteroatoms. The van der Waals surface area contributed by atoms with Gasteiger partial charge in [-0.2, -0.15) is 39.5 Å². The lowest BCUT2D eigenvalue weighted by Crippen LogP contribution is -2.28. The Bertz CT molecular complexity index is 1010. The summed E-state index contributed by atoms with van der Waals surface area (Å²) in [6.07, 6.45) is -15.3. The van der Waals surface area contributed by atoms with Gasteiger partial charge in [-0.25, -0.2) is 9.98 Å². The average Bonchev–Trinajstić information content (AvgIpc) is 2.59. The van der Waals surface area contributed by atoms with E-state index in [0.29, 0.717) is 6.07 Å². The molecule has 1 aromatic carbocycles. The van der Waals surface area contributed by atoms with E-state index in [2.05, 4.69) is 25.9 Å². The van der Waals surface area contributed by atoms with Gasteiger partial charge >= 0.3 is 18.5 Å². The molecule has 0 amide bonds. The zero-order chi connectivity index (χ0) is 23.1. The SMILES string of the molecule is CCn1c(OC)cc(C(F)(F)F)nc1=Nc1cc(C(F)(F)F)cc(C(F)(F)F)c1Br. The van der Waals surface area contributed by atoms with Crippen LogP contribution in [-0.4, -0.2) is 16.7 Å². The highest BCUT2D eigenvalue weighted by atomic mass is 79.9. The molecule has 2 rings (SSSR count). The Morgan fingerprint density at radius 3 is 2.00 bits per heavy atom. The van der Waals surface area contributed by atoms with Gasteiger partial charge in [0.15, 0.2) is 11.6 Å². The van der Waals surface area contributed by atoms with Gasteiger partial charge < -0.3 is 4.74 Å². The van der Waals surface area contributed by atoms with Crippen LogP contribution in [0.5, 0.6) is 5.88 Å². The molecule has 0 unspecified atom stereocenters. The topological polar surface area (TPSA) is 39.4 Å². The Hall–Kier alpha value is -2.25. The number of ether oxygens (including phenoxy) is 1. The van der Waals surface area contributed by atoms with Crippen molar-refractivity contribution in [3.05, 3.63) is 45.1 Å². The van der Waals surface area contributed by atoms with Crippen LogP contribution >= 0.6 is 15.9 Å². The zero-order valence-corrected chi connectivity index (χ0v) is 16.6. The van der Waals surface area contributed by atoms with E-state index in [1.54, 1.807) is 0 Å². The van der Waals surface area contributed by atoms with E-state index in [1.165, 1.54) is 6.92 Å². The number of methoxy groups -OCH3 is 1. The molecule has 2 aromatic rings. The van der Waals surface area contributed by atoms with E-state index in [4.69, 9.17) is 4.74 Å². The third-order valence-electron chi connectivity index (χ3n) is 3.71. The number of halogens is 10. The van der Waals surface area contributed by atoms with E-state index in [0.717, 1.165) is 11.7 Å². The summed E-state index contributed by atoms with van der Waals surface area (Å²) in [5.74, 6) is -0.391.